The van der Waals surface area contributed by atoms with E-state index in [4.69, 9.17) is 0 Å². The van der Waals surface area contributed by atoms with E-state index in [1.807, 2.05) is 17.5 Å². The molecule has 3 rings (SSSR count). The number of nitrogens with zero attached hydrogens (tertiary/aromatic N) is 2. The van der Waals surface area contributed by atoms with E-state index in [1.54, 1.807) is 17.4 Å². The summed E-state index contributed by atoms with van der Waals surface area (Å²) in [5, 5.41) is 4.59. The molecule has 0 aliphatic heterocycles. The summed E-state index contributed by atoms with van der Waals surface area (Å²) in [6.45, 7) is 1.72. The van der Waals surface area contributed by atoms with Crippen molar-refractivity contribution in [3.8, 4) is 0 Å². The van der Waals surface area contributed by atoms with Crippen molar-refractivity contribution in [3.63, 3.8) is 0 Å². The van der Waals surface area contributed by atoms with Gasteiger partial charge in [0.25, 0.3) is 5.56 Å². The van der Waals surface area contributed by atoms with E-state index in [0.717, 1.165) is 9.44 Å². The summed E-state index contributed by atoms with van der Waals surface area (Å²) in [4.78, 5) is 29.4. The van der Waals surface area contributed by atoms with Gasteiger partial charge in [-0.1, -0.05) is 18.2 Å². The monoisotopic (exact) mass is 395 g/mol. The molecule has 0 fully saturated rings. The topological polar surface area (TPSA) is 64.0 Å². The van der Waals surface area contributed by atoms with Crippen LogP contribution in [-0.2, 0) is 17.4 Å². The quantitative estimate of drug-likeness (QED) is 0.720. The molecular formula is C18H16F3N3O2S. The van der Waals surface area contributed by atoms with E-state index >= 15 is 0 Å². The van der Waals surface area contributed by atoms with Gasteiger partial charge in [-0.15, -0.1) is 11.3 Å². The van der Waals surface area contributed by atoms with Crippen LogP contribution >= 0.6 is 11.3 Å². The lowest BCUT2D eigenvalue weighted by Gasteiger charge is -2.19. The van der Waals surface area contributed by atoms with Crippen LogP contribution in [0.3, 0.4) is 0 Å². The molecule has 1 amide bonds. The third kappa shape index (κ3) is 4.02. The van der Waals surface area contributed by atoms with Gasteiger partial charge in [0.1, 0.15) is 6.04 Å². The molecular weight excluding hydrogens is 379 g/mol. The highest BCUT2D eigenvalue weighted by Crippen LogP contribution is 2.27. The second-order valence-corrected chi connectivity index (χ2v) is 6.95. The number of hydrogen-bond acceptors (Lipinski definition) is 4. The fraction of sp³-hybridized carbons (Fsp3) is 0.278. The highest BCUT2D eigenvalue weighted by atomic mass is 32.1. The van der Waals surface area contributed by atoms with Crippen molar-refractivity contribution in [2.24, 2.45) is 0 Å². The molecule has 0 aliphatic rings. The SMILES string of the molecule is C[C@@H](C(=O)NCCc1cccs1)n1c(=O)c(C(F)(F)F)nc2ccccc21. The molecule has 1 N–H and O–H groups in total. The van der Waals surface area contributed by atoms with Crippen LogP contribution in [0, 0.1) is 0 Å². The molecule has 3 aromatic rings. The zero-order valence-electron chi connectivity index (χ0n) is 14.3. The van der Waals surface area contributed by atoms with Gasteiger partial charge >= 0.3 is 6.18 Å². The standard InChI is InChI=1S/C18H16F3N3O2S/c1-11(16(25)22-9-8-12-5-4-10-27-12)24-14-7-3-2-6-13(14)23-15(17(24)26)18(19,20)21/h2-7,10-11H,8-9H2,1H3,(H,22,25)/t11-/m0/s1. The number of aromatic nitrogens is 2. The largest absolute Gasteiger partial charge is 0.438 e. The number of carbonyl (C=O) groups excluding carboxylic acids is 1. The molecule has 0 unspecified atom stereocenters. The number of rotatable bonds is 5. The van der Waals surface area contributed by atoms with Gasteiger partial charge in [-0.2, -0.15) is 13.2 Å². The molecule has 142 valence electrons. The second kappa shape index (κ2) is 7.51. The van der Waals surface area contributed by atoms with Crippen LogP contribution in [-0.4, -0.2) is 22.0 Å². The summed E-state index contributed by atoms with van der Waals surface area (Å²) < 4.78 is 40.5. The van der Waals surface area contributed by atoms with Crippen LogP contribution in [0.25, 0.3) is 11.0 Å². The number of hydrogen-bond donors (Lipinski definition) is 1. The van der Waals surface area contributed by atoms with Gasteiger partial charge in [0, 0.05) is 11.4 Å². The van der Waals surface area contributed by atoms with Crippen molar-refractivity contribution in [2.45, 2.75) is 25.6 Å². The molecule has 2 heterocycles. The number of benzene rings is 1. The third-order valence-electron chi connectivity index (χ3n) is 4.08. The van der Waals surface area contributed by atoms with Crippen LogP contribution < -0.4 is 10.9 Å². The van der Waals surface area contributed by atoms with Crippen molar-refractivity contribution in [1.82, 2.24) is 14.9 Å². The first-order valence-corrected chi connectivity index (χ1v) is 9.05. The van der Waals surface area contributed by atoms with Gasteiger partial charge in [-0.3, -0.25) is 14.2 Å². The molecule has 27 heavy (non-hydrogen) atoms. The number of nitrogens with one attached hydrogen (secondary N) is 1. The summed E-state index contributed by atoms with van der Waals surface area (Å²) in [5.41, 5.74) is -2.68. The maximum absolute atomic E-state index is 13.2. The van der Waals surface area contributed by atoms with Gasteiger partial charge in [0.05, 0.1) is 11.0 Å². The predicted molar refractivity (Wildman–Crippen MR) is 96.7 cm³/mol. The maximum Gasteiger partial charge on any atom is 0.438 e. The zero-order valence-corrected chi connectivity index (χ0v) is 15.1. The number of fused-ring (bicyclic) bond motifs is 1. The Morgan fingerprint density at radius 1 is 1.26 bits per heavy atom. The van der Waals surface area contributed by atoms with Gasteiger partial charge in [-0.05, 0) is 36.9 Å². The van der Waals surface area contributed by atoms with Crippen LogP contribution in [0.1, 0.15) is 23.5 Å². The minimum Gasteiger partial charge on any atom is -0.354 e. The Morgan fingerprint density at radius 3 is 2.67 bits per heavy atom. The lowest BCUT2D eigenvalue weighted by atomic mass is 10.2. The molecule has 5 nitrogen and oxygen atoms in total. The van der Waals surface area contributed by atoms with Crippen LogP contribution in [0.5, 0.6) is 0 Å². The fourth-order valence-corrected chi connectivity index (χ4v) is 3.46. The Balaban J connectivity index is 1.93. The second-order valence-electron chi connectivity index (χ2n) is 5.92. The normalized spacial score (nSPS) is 12.9. The first-order chi connectivity index (χ1) is 12.8. The third-order valence-corrected chi connectivity index (χ3v) is 5.02. The summed E-state index contributed by atoms with van der Waals surface area (Å²) in [5.74, 6) is -0.530. The van der Waals surface area contributed by atoms with Crippen LogP contribution in [0.15, 0.2) is 46.6 Å². The fourth-order valence-electron chi connectivity index (χ4n) is 2.75. The Kier molecular flexibility index (Phi) is 5.31. The van der Waals surface area contributed by atoms with Crippen LogP contribution in [0.2, 0.25) is 0 Å². The first-order valence-electron chi connectivity index (χ1n) is 8.17. The number of para-hydroxylation sites is 2. The van der Waals surface area contributed by atoms with E-state index in [2.05, 4.69) is 10.3 Å². The molecule has 0 spiro atoms. The molecule has 0 saturated heterocycles. The van der Waals surface area contributed by atoms with Gasteiger partial charge < -0.3 is 5.32 Å². The molecule has 1 aromatic carbocycles. The van der Waals surface area contributed by atoms with Crippen molar-refractivity contribution in [1.29, 1.82) is 0 Å². The molecule has 0 saturated carbocycles. The van der Waals surface area contributed by atoms with Gasteiger partial charge in [0.2, 0.25) is 11.6 Å². The highest BCUT2D eigenvalue weighted by Gasteiger charge is 2.38. The summed E-state index contributed by atoms with van der Waals surface area (Å²) in [6, 6.07) is 8.66. The number of amides is 1. The maximum atomic E-state index is 13.2. The number of carbonyl (C=O) groups is 1. The molecule has 0 aliphatic carbocycles. The predicted octanol–water partition coefficient (Wildman–Crippen LogP) is 3.40. The van der Waals surface area contributed by atoms with E-state index in [9.17, 15) is 22.8 Å². The van der Waals surface area contributed by atoms with Crippen molar-refractivity contribution < 1.29 is 18.0 Å². The minimum atomic E-state index is -4.90. The van der Waals surface area contributed by atoms with E-state index in [0.29, 0.717) is 13.0 Å². The van der Waals surface area contributed by atoms with Gasteiger partial charge in [0.15, 0.2) is 0 Å². The lowest BCUT2D eigenvalue weighted by Crippen LogP contribution is -2.39. The van der Waals surface area contributed by atoms with Crippen LogP contribution in [0.4, 0.5) is 13.2 Å². The highest BCUT2D eigenvalue weighted by molar-refractivity contribution is 7.09. The van der Waals surface area contributed by atoms with Crippen molar-refractivity contribution in [2.75, 3.05) is 6.54 Å². The minimum absolute atomic E-state index is 0.00246. The Labute approximate surface area is 156 Å². The zero-order chi connectivity index (χ0) is 19.6. The summed E-state index contributed by atoms with van der Waals surface area (Å²) in [7, 11) is 0. The Hall–Kier alpha value is -2.68. The molecule has 0 radical (unpaired) electrons. The molecule has 1 atom stereocenters. The lowest BCUT2D eigenvalue weighted by molar-refractivity contribution is -0.142. The first kappa shape index (κ1) is 19.1. The van der Waals surface area contributed by atoms with Crippen molar-refractivity contribution >= 4 is 28.3 Å². The Morgan fingerprint density at radius 2 is 2.00 bits per heavy atom. The molecule has 0 bridgehead atoms. The number of thiophene rings is 1. The smallest absolute Gasteiger partial charge is 0.354 e. The Bertz CT molecular complexity index is 1010. The van der Waals surface area contributed by atoms with Crippen molar-refractivity contribution in [3.05, 3.63) is 62.7 Å². The van der Waals surface area contributed by atoms with E-state index in [-0.39, 0.29) is 11.0 Å². The van der Waals surface area contributed by atoms with Gasteiger partial charge in [-0.25, -0.2) is 4.98 Å². The summed E-state index contributed by atoms with van der Waals surface area (Å²) >= 11 is 1.55. The number of halogens is 3. The average molecular weight is 395 g/mol. The average Bonchev–Trinajstić information content (AvgIpc) is 3.13. The van der Waals surface area contributed by atoms with E-state index in [1.165, 1.54) is 25.1 Å². The molecule has 9 heteroatoms. The molecule has 2 aromatic heterocycles. The number of alkyl halides is 3. The summed E-state index contributed by atoms with van der Waals surface area (Å²) in [6.07, 6.45) is -4.30. The van der Waals surface area contributed by atoms with E-state index < -0.39 is 29.4 Å².